The first-order valence-corrected chi connectivity index (χ1v) is 8.40. The van der Waals surface area contributed by atoms with Crippen LogP contribution >= 0.6 is 11.6 Å². The molecule has 1 amide bonds. The van der Waals surface area contributed by atoms with Crippen LogP contribution in [0.25, 0.3) is 0 Å². The summed E-state index contributed by atoms with van der Waals surface area (Å²) in [7, 11) is 1.63. The van der Waals surface area contributed by atoms with Crippen LogP contribution in [0.3, 0.4) is 0 Å². The van der Waals surface area contributed by atoms with Crippen molar-refractivity contribution in [1.29, 1.82) is 0 Å². The topological polar surface area (TPSA) is 64.4 Å². The van der Waals surface area contributed by atoms with Crippen LogP contribution in [0, 0.1) is 12.8 Å². The fourth-order valence-corrected chi connectivity index (χ4v) is 2.66. The zero-order chi connectivity index (χ0) is 18.6. The molecule has 0 saturated heterocycles. The molecule has 1 aromatic heterocycles. The molecule has 25 heavy (non-hydrogen) atoms. The van der Waals surface area contributed by atoms with Crippen LogP contribution in [0.5, 0.6) is 0 Å². The highest BCUT2D eigenvalue weighted by molar-refractivity contribution is 6.32. The smallest absolute Gasteiger partial charge is 0.343 e. The number of halogens is 1. The lowest BCUT2D eigenvalue weighted by molar-refractivity contribution is -0.121. The second-order valence-corrected chi connectivity index (χ2v) is 6.55. The van der Waals surface area contributed by atoms with Crippen molar-refractivity contribution in [2.45, 2.75) is 27.3 Å². The molecule has 0 aliphatic rings. The average Bonchev–Trinajstić information content (AvgIpc) is 2.85. The van der Waals surface area contributed by atoms with Gasteiger partial charge in [-0.3, -0.25) is 9.48 Å². The molecule has 0 N–H and O–H groups in total. The summed E-state index contributed by atoms with van der Waals surface area (Å²) in [5.74, 6) is -0.642. The summed E-state index contributed by atoms with van der Waals surface area (Å²) in [4.78, 5) is 25.9. The van der Waals surface area contributed by atoms with E-state index < -0.39 is 5.97 Å². The lowest BCUT2D eigenvalue weighted by Gasteiger charge is -2.17. The predicted molar refractivity (Wildman–Crippen MR) is 96.9 cm³/mol. The zero-order valence-corrected chi connectivity index (χ0v) is 15.6. The van der Waals surface area contributed by atoms with Crippen LogP contribution in [0.1, 0.15) is 29.9 Å². The Bertz CT molecular complexity index is 756. The Morgan fingerprint density at radius 2 is 1.92 bits per heavy atom. The van der Waals surface area contributed by atoms with Gasteiger partial charge in [-0.05, 0) is 25.0 Å². The maximum absolute atomic E-state index is 12.3. The van der Waals surface area contributed by atoms with Crippen molar-refractivity contribution >= 4 is 29.2 Å². The van der Waals surface area contributed by atoms with E-state index in [0.717, 1.165) is 5.69 Å². The van der Waals surface area contributed by atoms with Crippen LogP contribution in [0.15, 0.2) is 30.3 Å². The van der Waals surface area contributed by atoms with Crippen molar-refractivity contribution in [3.63, 3.8) is 0 Å². The fourth-order valence-electron chi connectivity index (χ4n) is 2.34. The van der Waals surface area contributed by atoms with Crippen LogP contribution < -0.4 is 4.90 Å². The van der Waals surface area contributed by atoms with Crippen LogP contribution in [-0.2, 0) is 16.1 Å². The number of carbonyl (C=O) groups excluding carboxylic acids is 2. The predicted octanol–water partition coefficient (Wildman–Crippen LogP) is 3.32. The summed E-state index contributed by atoms with van der Waals surface area (Å²) in [5.41, 5.74) is 1.42. The summed E-state index contributed by atoms with van der Waals surface area (Å²) in [6, 6.07) is 9.13. The number of esters is 1. The van der Waals surface area contributed by atoms with Gasteiger partial charge in [0, 0.05) is 19.3 Å². The van der Waals surface area contributed by atoms with E-state index >= 15 is 0 Å². The Labute approximate surface area is 152 Å². The molecule has 0 aliphatic carbocycles. The van der Waals surface area contributed by atoms with E-state index in [1.165, 1.54) is 4.90 Å². The average molecular weight is 364 g/mol. The molecule has 7 heteroatoms. The van der Waals surface area contributed by atoms with Gasteiger partial charge < -0.3 is 9.64 Å². The molecular weight excluding hydrogens is 342 g/mol. The zero-order valence-electron chi connectivity index (χ0n) is 14.8. The molecule has 0 fully saturated rings. The first-order valence-electron chi connectivity index (χ1n) is 8.03. The SMILES string of the molecule is Cc1nn(CC(C)C)c(Cl)c1C(=O)OCC(=O)N(C)c1ccccc1. The number of hydrogen-bond donors (Lipinski definition) is 0. The number of benzene rings is 1. The maximum Gasteiger partial charge on any atom is 0.343 e. The molecule has 0 spiro atoms. The van der Waals surface area contributed by atoms with Crippen molar-refractivity contribution in [3.05, 3.63) is 46.7 Å². The molecule has 1 aromatic carbocycles. The summed E-state index contributed by atoms with van der Waals surface area (Å²) in [6.07, 6.45) is 0. The quantitative estimate of drug-likeness (QED) is 0.738. The Kier molecular flexibility index (Phi) is 6.20. The minimum absolute atomic E-state index is 0.206. The van der Waals surface area contributed by atoms with E-state index in [0.29, 0.717) is 18.2 Å². The number of rotatable bonds is 6. The van der Waals surface area contributed by atoms with Crippen LogP contribution in [0.2, 0.25) is 5.15 Å². The van der Waals surface area contributed by atoms with Gasteiger partial charge in [-0.2, -0.15) is 5.10 Å². The van der Waals surface area contributed by atoms with Crippen molar-refractivity contribution in [2.75, 3.05) is 18.6 Å². The molecule has 6 nitrogen and oxygen atoms in total. The molecule has 0 radical (unpaired) electrons. The highest BCUT2D eigenvalue weighted by Crippen LogP contribution is 2.22. The number of ether oxygens (including phenoxy) is 1. The Morgan fingerprint density at radius 1 is 1.28 bits per heavy atom. The number of para-hydroxylation sites is 1. The Morgan fingerprint density at radius 3 is 2.52 bits per heavy atom. The summed E-state index contributed by atoms with van der Waals surface area (Å²) in [6.45, 7) is 5.99. The highest BCUT2D eigenvalue weighted by Gasteiger charge is 2.23. The van der Waals surface area contributed by atoms with Gasteiger partial charge in [-0.1, -0.05) is 43.6 Å². The number of likely N-dealkylation sites (N-methyl/N-ethyl adjacent to an activating group) is 1. The molecule has 0 atom stereocenters. The number of hydrogen-bond acceptors (Lipinski definition) is 4. The number of aromatic nitrogens is 2. The minimum Gasteiger partial charge on any atom is -0.452 e. The minimum atomic E-state index is -0.646. The first-order chi connectivity index (χ1) is 11.8. The van der Waals surface area contributed by atoms with Gasteiger partial charge in [0.2, 0.25) is 0 Å². The summed E-state index contributed by atoms with van der Waals surface area (Å²) < 4.78 is 6.72. The van der Waals surface area contributed by atoms with Gasteiger partial charge in [0.15, 0.2) is 6.61 Å². The largest absolute Gasteiger partial charge is 0.452 e. The maximum atomic E-state index is 12.3. The van der Waals surface area contributed by atoms with Gasteiger partial charge in [0.1, 0.15) is 10.7 Å². The summed E-state index contributed by atoms with van der Waals surface area (Å²) >= 11 is 6.25. The molecule has 2 aromatic rings. The van der Waals surface area contributed by atoms with Gasteiger partial charge in [-0.25, -0.2) is 4.79 Å². The molecule has 2 rings (SSSR count). The second kappa shape index (κ2) is 8.16. The molecular formula is C18H22ClN3O3. The van der Waals surface area contributed by atoms with E-state index in [4.69, 9.17) is 16.3 Å². The molecule has 134 valence electrons. The number of amides is 1. The molecule has 0 aliphatic heterocycles. The van der Waals surface area contributed by atoms with Gasteiger partial charge >= 0.3 is 5.97 Å². The monoisotopic (exact) mass is 363 g/mol. The summed E-state index contributed by atoms with van der Waals surface area (Å²) in [5, 5.41) is 4.51. The van der Waals surface area contributed by atoms with Crippen molar-refractivity contribution in [3.8, 4) is 0 Å². The molecule has 0 saturated carbocycles. The first kappa shape index (κ1) is 19.0. The third kappa shape index (κ3) is 4.60. The van der Waals surface area contributed by atoms with Gasteiger partial charge in [-0.15, -0.1) is 0 Å². The number of nitrogens with zero attached hydrogens (tertiary/aromatic N) is 3. The highest BCUT2D eigenvalue weighted by atomic mass is 35.5. The lowest BCUT2D eigenvalue weighted by Crippen LogP contribution is -2.31. The van der Waals surface area contributed by atoms with Crippen LogP contribution in [-0.4, -0.2) is 35.3 Å². The molecule has 0 bridgehead atoms. The van der Waals surface area contributed by atoms with Gasteiger partial charge in [0.25, 0.3) is 5.91 Å². The van der Waals surface area contributed by atoms with E-state index in [-0.39, 0.29) is 23.2 Å². The van der Waals surface area contributed by atoms with E-state index in [1.54, 1.807) is 30.8 Å². The van der Waals surface area contributed by atoms with Crippen LogP contribution in [0.4, 0.5) is 5.69 Å². The van der Waals surface area contributed by atoms with E-state index in [2.05, 4.69) is 5.10 Å². The number of aryl methyl sites for hydroxylation is 1. The molecule has 1 heterocycles. The fraction of sp³-hybridized carbons (Fsp3) is 0.389. The van der Waals surface area contributed by atoms with E-state index in [9.17, 15) is 9.59 Å². The Balaban J connectivity index is 2.03. The van der Waals surface area contributed by atoms with Crippen molar-refractivity contribution < 1.29 is 14.3 Å². The van der Waals surface area contributed by atoms with E-state index in [1.807, 2.05) is 32.0 Å². The number of anilines is 1. The second-order valence-electron chi connectivity index (χ2n) is 6.19. The normalized spacial score (nSPS) is 10.8. The molecule has 0 unspecified atom stereocenters. The third-order valence-electron chi connectivity index (χ3n) is 3.65. The van der Waals surface area contributed by atoms with Crippen molar-refractivity contribution in [2.24, 2.45) is 5.92 Å². The van der Waals surface area contributed by atoms with Crippen molar-refractivity contribution in [1.82, 2.24) is 9.78 Å². The third-order valence-corrected chi connectivity index (χ3v) is 4.04. The Hall–Kier alpha value is -2.34. The standard InChI is InChI=1S/C18H22ClN3O3/c1-12(2)10-22-17(19)16(13(3)20-22)18(24)25-11-15(23)21(4)14-8-6-5-7-9-14/h5-9,12H,10-11H2,1-4H3. The van der Waals surface area contributed by atoms with Gasteiger partial charge in [0.05, 0.1) is 5.69 Å². The lowest BCUT2D eigenvalue weighted by atomic mass is 10.2. The number of carbonyl (C=O) groups is 2.